The first-order chi connectivity index (χ1) is 10.2. The average molecular weight is 367 g/mol. The number of unbranched alkanes of at least 4 members (excludes halogenated alkanes) is 1. The molecule has 0 heterocycles. The van der Waals surface area contributed by atoms with Gasteiger partial charge in [-0.15, -0.1) is 0 Å². The molecule has 122 valence electrons. The van der Waals surface area contributed by atoms with Gasteiger partial charge < -0.3 is 11.5 Å². The molecule has 1 aromatic carbocycles. The van der Waals surface area contributed by atoms with E-state index in [1.54, 1.807) is 0 Å². The number of guanidine groups is 1. The lowest BCUT2D eigenvalue weighted by atomic mass is 10.2. The minimum atomic E-state index is -3.90. The summed E-state index contributed by atoms with van der Waals surface area (Å²) in [5.41, 5.74) is 10.2. The van der Waals surface area contributed by atoms with Crippen molar-refractivity contribution in [3.63, 3.8) is 0 Å². The minimum Gasteiger partial charge on any atom is -0.370 e. The topological polar surface area (TPSA) is 128 Å². The van der Waals surface area contributed by atoms with Crippen LogP contribution >= 0.6 is 23.2 Å². The molecule has 0 unspecified atom stereocenters. The normalized spacial score (nSPS) is 11.2. The molecule has 0 aliphatic heterocycles. The first-order valence-electron chi connectivity index (χ1n) is 6.31. The molecule has 0 saturated heterocycles. The molecule has 0 saturated carbocycles. The van der Waals surface area contributed by atoms with Crippen LogP contribution in [-0.4, -0.2) is 26.8 Å². The molecule has 10 heteroatoms. The van der Waals surface area contributed by atoms with Crippen LogP contribution in [0.1, 0.15) is 30.1 Å². The Bertz CT molecular complexity index is 701. The molecule has 1 rings (SSSR count). The third-order valence-electron chi connectivity index (χ3n) is 2.58. The van der Waals surface area contributed by atoms with E-state index in [9.17, 15) is 13.2 Å². The predicted octanol–water partition coefficient (Wildman–Crippen LogP) is 1.49. The summed E-state index contributed by atoms with van der Waals surface area (Å²) in [6.07, 6.45) is 1.48. The lowest BCUT2D eigenvalue weighted by Crippen LogP contribution is -2.26. The van der Waals surface area contributed by atoms with Crippen LogP contribution in [0, 0.1) is 0 Å². The Hall–Kier alpha value is -1.35. The van der Waals surface area contributed by atoms with E-state index in [-0.39, 0.29) is 27.0 Å². The molecule has 0 spiro atoms. The van der Waals surface area contributed by atoms with Crippen molar-refractivity contribution in [2.45, 2.75) is 24.7 Å². The molecular formula is C12H16Cl2N4O3S. The van der Waals surface area contributed by atoms with Crippen LogP contribution < -0.4 is 16.2 Å². The van der Waals surface area contributed by atoms with Gasteiger partial charge in [-0.1, -0.05) is 36.5 Å². The van der Waals surface area contributed by atoms with E-state index in [2.05, 4.69) is 9.71 Å². The molecular weight excluding hydrogens is 351 g/mol. The van der Waals surface area contributed by atoms with Crippen molar-refractivity contribution < 1.29 is 13.2 Å². The first kappa shape index (κ1) is 18.7. The quantitative estimate of drug-likeness (QED) is 0.399. The van der Waals surface area contributed by atoms with E-state index >= 15 is 0 Å². The Morgan fingerprint density at radius 3 is 2.50 bits per heavy atom. The maximum absolute atomic E-state index is 12.2. The van der Waals surface area contributed by atoms with E-state index in [1.165, 1.54) is 6.07 Å². The second-order valence-electron chi connectivity index (χ2n) is 4.36. The summed E-state index contributed by atoms with van der Waals surface area (Å²) >= 11 is 11.8. The third-order valence-corrected chi connectivity index (χ3v) is 4.98. The molecule has 1 amide bonds. The number of carbonyl (C=O) groups excluding carboxylic acids is 1. The molecule has 0 aliphatic carbocycles. The number of aliphatic imine (C=N–C) groups is 1. The number of hydrogen-bond acceptors (Lipinski definition) is 3. The molecule has 0 aliphatic rings. The molecule has 0 aromatic heterocycles. The lowest BCUT2D eigenvalue weighted by molar-refractivity contribution is 0.100. The van der Waals surface area contributed by atoms with Gasteiger partial charge in [0.2, 0.25) is 10.0 Å². The van der Waals surface area contributed by atoms with Gasteiger partial charge >= 0.3 is 0 Å². The van der Waals surface area contributed by atoms with Gasteiger partial charge in [0.05, 0.1) is 10.0 Å². The van der Waals surface area contributed by atoms with Gasteiger partial charge in [-0.25, -0.2) is 13.1 Å². The van der Waals surface area contributed by atoms with Crippen molar-refractivity contribution in [2.24, 2.45) is 16.5 Å². The highest BCUT2D eigenvalue weighted by molar-refractivity contribution is 7.89. The van der Waals surface area contributed by atoms with E-state index in [4.69, 9.17) is 34.7 Å². The first-order valence-corrected chi connectivity index (χ1v) is 8.55. The molecule has 1 aromatic rings. The Kier molecular flexibility index (Phi) is 6.61. The van der Waals surface area contributed by atoms with Crippen molar-refractivity contribution in [1.29, 1.82) is 0 Å². The Balaban J connectivity index is 3.28. The van der Waals surface area contributed by atoms with Crippen LogP contribution in [0.2, 0.25) is 10.0 Å². The Morgan fingerprint density at radius 2 is 1.95 bits per heavy atom. The van der Waals surface area contributed by atoms with Crippen LogP contribution in [0.5, 0.6) is 0 Å². The molecule has 0 fully saturated rings. The molecule has 5 N–H and O–H groups in total. The zero-order valence-electron chi connectivity index (χ0n) is 11.8. The summed E-state index contributed by atoms with van der Waals surface area (Å²) in [5, 5.41) is -0.263. The van der Waals surface area contributed by atoms with E-state index < -0.39 is 21.9 Å². The summed E-state index contributed by atoms with van der Waals surface area (Å²) < 4.78 is 26.8. The van der Waals surface area contributed by atoms with E-state index in [1.807, 2.05) is 6.92 Å². The van der Waals surface area contributed by atoms with Crippen molar-refractivity contribution in [1.82, 2.24) is 4.72 Å². The third kappa shape index (κ3) is 4.84. The number of amides is 1. The number of nitrogens with zero attached hydrogens (tertiary/aromatic N) is 1. The SMILES string of the molecule is CCCCNS(=O)(=O)c1cc(C(=O)N=C(N)N)cc(Cl)c1Cl. The van der Waals surface area contributed by atoms with Gasteiger partial charge in [0.15, 0.2) is 5.96 Å². The van der Waals surface area contributed by atoms with Gasteiger partial charge in [0.1, 0.15) is 4.90 Å². The lowest BCUT2D eigenvalue weighted by Gasteiger charge is -2.10. The van der Waals surface area contributed by atoms with Gasteiger partial charge in [-0.3, -0.25) is 4.79 Å². The van der Waals surface area contributed by atoms with Crippen LogP contribution in [-0.2, 0) is 10.0 Å². The minimum absolute atomic E-state index is 0.0846. The monoisotopic (exact) mass is 366 g/mol. The molecule has 0 radical (unpaired) electrons. The highest BCUT2D eigenvalue weighted by atomic mass is 35.5. The average Bonchev–Trinajstić information content (AvgIpc) is 2.40. The number of halogens is 2. The van der Waals surface area contributed by atoms with Crippen molar-refractivity contribution >= 4 is 45.1 Å². The van der Waals surface area contributed by atoms with Crippen molar-refractivity contribution in [3.05, 3.63) is 27.7 Å². The number of sulfonamides is 1. The Labute approximate surface area is 138 Å². The smallest absolute Gasteiger partial charge is 0.280 e. The van der Waals surface area contributed by atoms with E-state index in [0.717, 1.165) is 12.5 Å². The highest BCUT2D eigenvalue weighted by Gasteiger charge is 2.22. The Morgan fingerprint density at radius 1 is 1.32 bits per heavy atom. The summed E-state index contributed by atoms with van der Waals surface area (Å²) in [6.45, 7) is 2.17. The highest BCUT2D eigenvalue weighted by Crippen LogP contribution is 2.31. The van der Waals surface area contributed by atoms with Gasteiger partial charge in [0.25, 0.3) is 5.91 Å². The zero-order chi connectivity index (χ0) is 16.9. The fourth-order valence-electron chi connectivity index (χ4n) is 1.53. The maximum Gasteiger partial charge on any atom is 0.280 e. The molecule has 0 atom stereocenters. The summed E-state index contributed by atoms with van der Waals surface area (Å²) in [4.78, 5) is 14.8. The van der Waals surface area contributed by atoms with E-state index in [0.29, 0.717) is 6.42 Å². The van der Waals surface area contributed by atoms with Crippen molar-refractivity contribution in [3.8, 4) is 0 Å². The number of nitrogens with one attached hydrogen (secondary N) is 1. The van der Waals surface area contributed by atoms with Crippen LogP contribution in [0.25, 0.3) is 0 Å². The standard InChI is InChI=1S/C12H16Cl2N4O3S/c1-2-3-4-17-22(20,21)9-6-7(5-8(13)10(9)14)11(19)18-12(15)16/h5-6,17H,2-4H2,1H3,(H4,15,16,18,19). The zero-order valence-corrected chi connectivity index (χ0v) is 14.1. The molecule has 0 bridgehead atoms. The number of benzene rings is 1. The predicted molar refractivity (Wildman–Crippen MR) is 86.7 cm³/mol. The molecule has 22 heavy (non-hydrogen) atoms. The summed E-state index contributed by atoms with van der Waals surface area (Å²) in [7, 11) is -3.90. The van der Waals surface area contributed by atoms with Gasteiger partial charge in [-0.05, 0) is 18.6 Å². The second-order valence-corrected chi connectivity index (χ2v) is 6.88. The number of nitrogens with two attached hydrogens (primary N) is 2. The van der Waals surface area contributed by atoms with Crippen LogP contribution in [0.15, 0.2) is 22.0 Å². The van der Waals surface area contributed by atoms with Crippen LogP contribution in [0.4, 0.5) is 0 Å². The number of hydrogen-bond donors (Lipinski definition) is 3. The van der Waals surface area contributed by atoms with Gasteiger partial charge in [0, 0.05) is 12.1 Å². The fourth-order valence-corrected chi connectivity index (χ4v) is 3.41. The summed E-state index contributed by atoms with van der Waals surface area (Å²) in [6, 6.07) is 2.28. The second kappa shape index (κ2) is 7.77. The maximum atomic E-state index is 12.2. The largest absolute Gasteiger partial charge is 0.370 e. The number of rotatable bonds is 6. The van der Waals surface area contributed by atoms with Crippen molar-refractivity contribution in [2.75, 3.05) is 6.54 Å². The fraction of sp³-hybridized carbons (Fsp3) is 0.333. The molecule has 7 nitrogen and oxygen atoms in total. The summed E-state index contributed by atoms with van der Waals surface area (Å²) in [5.74, 6) is -1.26. The van der Waals surface area contributed by atoms with Crippen LogP contribution in [0.3, 0.4) is 0 Å². The van der Waals surface area contributed by atoms with Gasteiger partial charge in [-0.2, -0.15) is 4.99 Å². The number of carbonyl (C=O) groups is 1.